The maximum Gasteiger partial charge on any atom is 0.157 e. The van der Waals surface area contributed by atoms with Gasteiger partial charge in [0, 0.05) is 6.61 Å². The zero-order valence-corrected chi connectivity index (χ0v) is 8.84. The van der Waals surface area contributed by atoms with E-state index >= 15 is 0 Å². The van der Waals surface area contributed by atoms with E-state index in [1.165, 1.54) is 6.92 Å². The number of carbonyl (C=O) groups is 1. The maximum atomic E-state index is 10.6. The topological polar surface area (TPSA) is 35.5 Å². The molecule has 3 nitrogen and oxygen atoms in total. The molecule has 0 rings (SSSR count). The summed E-state index contributed by atoms with van der Waals surface area (Å²) in [5.41, 5.74) is 0. The molecule has 0 aliphatic carbocycles. The van der Waals surface area contributed by atoms with Crippen LogP contribution in [-0.4, -0.2) is 25.3 Å². The molecule has 0 fully saturated rings. The molecule has 0 aromatic carbocycles. The molecule has 0 amide bonds. The van der Waals surface area contributed by atoms with Crippen molar-refractivity contribution in [2.45, 2.75) is 46.3 Å². The van der Waals surface area contributed by atoms with Crippen LogP contribution in [0.1, 0.15) is 40.0 Å². The first-order valence-corrected chi connectivity index (χ1v) is 4.93. The first kappa shape index (κ1) is 12.6. The third-order valence-electron chi connectivity index (χ3n) is 1.61. The van der Waals surface area contributed by atoms with E-state index in [4.69, 9.17) is 9.47 Å². The van der Waals surface area contributed by atoms with Crippen molar-refractivity contribution in [3.8, 4) is 0 Å². The van der Waals surface area contributed by atoms with E-state index < -0.39 is 0 Å². The van der Waals surface area contributed by atoms with Gasteiger partial charge < -0.3 is 9.47 Å². The highest BCUT2D eigenvalue weighted by Crippen LogP contribution is 2.02. The Kier molecular flexibility index (Phi) is 7.94. The largest absolute Gasteiger partial charge is 0.353 e. The van der Waals surface area contributed by atoms with Gasteiger partial charge in [-0.25, -0.2) is 0 Å². The zero-order valence-electron chi connectivity index (χ0n) is 8.84. The van der Waals surface area contributed by atoms with E-state index in [-0.39, 0.29) is 18.7 Å². The zero-order chi connectivity index (χ0) is 10.1. The minimum Gasteiger partial charge on any atom is -0.353 e. The van der Waals surface area contributed by atoms with Crippen LogP contribution in [0.3, 0.4) is 0 Å². The fourth-order valence-corrected chi connectivity index (χ4v) is 0.853. The average Bonchev–Trinajstić information content (AvgIpc) is 2.10. The third-order valence-corrected chi connectivity index (χ3v) is 1.61. The Balaban J connectivity index is 3.45. The van der Waals surface area contributed by atoms with Crippen LogP contribution in [0.2, 0.25) is 0 Å². The van der Waals surface area contributed by atoms with Crippen LogP contribution in [0.15, 0.2) is 0 Å². The van der Waals surface area contributed by atoms with Crippen LogP contribution in [-0.2, 0) is 14.3 Å². The van der Waals surface area contributed by atoms with Crippen LogP contribution < -0.4 is 0 Å². The summed E-state index contributed by atoms with van der Waals surface area (Å²) < 4.78 is 10.6. The lowest BCUT2D eigenvalue weighted by molar-refractivity contribution is -0.155. The van der Waals surface area contributed by atoms with Crippen molar-refractivity contribution in [3.63, 3.8) is 0 Å². The minimum absolute atomic E-state index is 0.0394. The van der Waals surface area contributed by atoms with Crippen LogP contribution in [0, 0.1) is 0 Å². The Morgan fingerprint density at radius 3 is 2.46 bits per heavy atom. The lowest BCUT2D eigenvalue weighted by Crippen LogP contribution is -2.20. The van der Waals surface area contributed by atoms with Crippen molar-refractivity contribution >= 4 is 5.78 Å². The highest BCUT2D eigenvalue weighted by Gasteiger charge is 2.06. The summed E-state index contributed by atoms with van der Waals surface area (Å²) in [6.45, 7) is 6.48. The Labute approximate surface area is 80.4 Å². The molecule has 13 heavy (non-hydrogen) atoms. The number of Topliss-reactive ketones (excluding diaryl/α,β-unsaturated/α-hetero) is 1. The second-order valence-electron chi connectivity index (χ2n) is 3.08. The quantitative estimate of drug-likeness (QED) is 0.432. The van der Waals surface area contributed by atoms with Gasteiger partial charge in [0.1, 0.15) is 6.61 Å². The highest BCUT2D eigenvalue weighted by atomic mass is 16.7. The molecule has 1 unspecified atom stereocenters. The van der Waals surface area contributed by atoms with E-state index in [1.54, 1.807) is 0 Å². The van der Waals surface area contributed by atoms with Crippen molar-refractivity contribution in [2.75, 3.05) is 13.2 Å². The predicted molar refractivity (Wildman–Crippen MR) is 51.6 cm³/mol. The Bertz CT molecular complexity index is 134. The van der Waals surface area contributed by atoms with Gasteiger partial charge in [0.25, 0.3) is 0 Å². The molecular formula is C10H20O3. The van der Waals surface area contributed by atoms with Gasteiger partial charge in [-0.1, -0.05) is 20.3 Å². The summed E-state index contributed by atoms with van der Waals surface area (Å²) in [4.78, 5) is 10.6. The smallest absolute Gasteiger partial charge is 0.157 e. The molecule has 1 atom stereocenters. The van der Waals surface area contributed by atoms with E-state index in [0.717, 1.165) is 19.3 Å². The van der Waals surface area contributed by atoms with Gasteiger partial charge >= 0.3 is 0 Å². The number of hydrogen-bond donors (Lipinski definition) is 0. The standard InChI is InChI=1S/C10H20O3/c1-4-6-7-12-10(5-2)13-8-9(3)11/h10H,4-8H2,1-3H3. The second kappa shape index (κ2) is 8.20. The molecule has 0 saturated carbocycles. The molecular weight excluding hydrogens is 168 g/mol. The van der Waals surface area contributed by atoms with Crippen LogP contribution in [0.25, 0.3) is 0 Å². The lowest BCUT2D eigenvalue weighted by Gasteiger charge is -2.15. The van der Waals surface area contributed by atoms with Crippen molar-refractivity contribution in [3.05, 3.63) is 0 Å². The Morgan fingerprint density at radius 1 is 1.31 bits per heavy atom. The van der Waals surface area contributed by atoms with Gasteiger partial charge in [-0.3, -0.25) is 4.79 Å². The SMILES string of the molecule is CCCCOC(CC)OCC(C)=O. The minimum atomic E-state index is -0.213. The molecule has 3 heteroatoms. The third kappa shape index (κ3) is 7.94. The van der Waals surface area contributed by atoms with Gasteiger partial charge in [-0.2, -0.15) is 0 Å². The molecule has 0 heterocycles. The van der Waals surface area contributed by atoms with Crippen LogP contribution in [0.5, 0.6) is 0 Å². The number of rotatable bonds is 8. The van der Waals surface area contributed by atoms with E-state index in [0.29, 0.717) is 6.61 Å². The van der Waals surface area contributed by atoms with E-state index in [2.05, 4.69) is 6.92 Å². The molecule has 0 aromatic heterocycles. The average molecular weight is 188 g/mol. The molecule has 0 spiro atoms. The summed E-state index contributed by atoms with van der Waals surface area (Å²) in [7, 11) is 0. The predicted octanol–water partition coefficient (Wildman–Crippen LogP) is 2.14. The number of ketones is 1. The summed E-state index contributed by atoms with van der Waals surface area (Å²) in [6.07, 6.45) is 2.73. The van der Waals surface area contributed by atoms with Crippen molar-refractivity contribution in [2.24, 2.45) is 0 Å². The lowest BCUT2D eigenvalue weighted by atomic mass is 10.3. The van der Waals surface area contributed by atoms with Crippen molar-refractivity contribution in [1.29, 1.82) is 0 Å². The molecule has 0 bridgehead atoms. The fraction of sp³-hybridized carbons (Fsp3) is 0.900. The van der Waals surface area contributed by atoms with Gasteiger partial charge in [0.05, 0.1) is 0 Å². The summed E-state index contributed by atoms with van der Waals surface area (Å²) in [5.74, 6) is 0.0394. The summed E-state index contributed by atoms with van der Waals surface area (Å²) >= 11 is 0. The van der Waals surface area contributed by atoms with E-state index in [1.807, 2.05) is 6.92 Å². The highest BCUT2D eigenvalue weighted by molar-refractivity contribution is 5.76. The van der Waals surface area contributed by atoms with E-state index in [9.17, 15) is 4.79 Å². The molecule has 0 radical (unpaired) electrons. The van der Waals surface area contributed by atoms with Crippen molar-refractivity contribution in [1.82, 2.24) is 0 Å². The second-order valence-corrected chi connectivity index (χ2v) is 3.08. The molecule has 78 valence electrons. The van der Waals surface area contributed by atoms with Crippen molar-refractivity contribution < 1.29 is 14.3 Å². The first-order valence-electron chi connectivity index (χ1n) is 4.93. The van der Waals surface area contributed by atoms with Gasteiger partial charge in [0.2, 0.25) is 0 Å². The molecule has 0 aromatic rings. The Morgan fingerprint density at radius 2 is 2.00 bits per heavy atom. The molecule has 0 N–H and O–H groups in total. The normalized spacial score (nSPS) is 12.8. The first-order chi connectivity index (χ1) is 6.20. The number of ether oxygens (including phenoxy) is 2. The Hall–Kier alpha value is -0.410. The van der Waals surface area contributed by atoms with Gasteiger partial charge in [0.15, 0.2) is 12.1 Å². The maximum absolute atomic E-state index is 10.6. The molecule has 0 aliphatic rings. The van der Waals surface area contributed by atoms with Gasteiger partial charge in [-0.15, -0.1) is 0 Å². The number of unbranched alkanes of at least 4 members (excludes halogenated alkanes) is 1. The summed E-state index contributed by atoms with van der Waals surface area (Å²) in [5, 5.41) is 0. The monoisotopic (exact) mass is 188 g/mol. The van der Waals surface area contributed by atoms with Crippen LogP contribution >= 0.6 is 0 Å². The van der Waals surface area contributed by atoms with Crippen LogP contribution in [0.4, 0.5) is 0 Å². The molecule has 0 saturated heterocycles. The number of hydrogen-bond acceptors (Lipinski definition) is 3. The summed E-state index contributed by atoms with van der Waals surface area (Å²) in [6, 6.07) is 0. The number of carbonyl (C=O) groups excluding carboxylic acids is 1. The molecule has 0 aliphatic heterocycles. The van der Waals surface area contributed by atoms with Gasteiger partial charge in [-0.05, 0) is 19.8 Å². The fourth-order valence-electron chi connectivity index (χ4n) is 0.853.